The summed E-state index contributed by atoms with van der Waals surface area (Å²) >= 11 is 9.57. The molecule has 1 heterocycles. The maximum Gasteiger partial charge on any atom is 0.222 e. The van der Waals surface area contributed by atoms with Crippen molar-refractivity contribution >= 4 is 33.4 Å². The third-order valence-electron chi connectivity index (χ3n) is 4.57. The summed E-state index contributed by atoms with van der Waals surface area (Å²) in [6.07, 6.45) is 2.66. The monoisotopic (exact) mass is 450 g/mol. The quantitative estimate of drug-likeness (QED) is 0.558. The van der Waals surface area contributed by atoms with Gasteiger partial charge in [-0.05, 0) is 55.3 Å². The van der Waals surface area contributed by atoms with Crippen LogP contribution < -0.4 is 10.1 Å². The minimum atomic E-state index is 0.290. The Morgan fingerprint density at radius 3 is 2.89 bits per heavy atom. The van der Waals surface area contributed by atoms with Crippen molar-refractivity contribution in [1.82, 2.24) is 10.2 Å². The zero-order valence-electron chi connectivity index (χ0n) is 15.2. The Hall–Kier alpha value is -1.56. The normalized spacial score (nSPS) is 14.0. The Labute approximate surface area is 174 Å². The molecule has 0 atom stereocenters. The number of likely N-dealkylation sites (tertiary alicyclic amines) is 1. The zero-order valence-corrected chi connectivity index (χ0v) is 17.6. The smallest absolute Gasteiger partial charge is 0.222 e. The Bertz CT molecular complexity index is 785. The summed E-state index contributed by atoms with van der Waals surface area (Å²) in [5.41, 5.74) is 2.14. The number of halogens is 2. The maximum absolute atomic E-state index is 11.6. The van der Waals surface area contributed by atoms with Gasteiger partial charge < -0.3 is 15.0 Å². The van der Waals surface area contributed by atoms with Gasteiger partial charge >= 0.3 is 0 Å². The highest BCUT2D eigenvalue weighted by Crippen LogP contribution is 2.24. The first-order valence-corrected chi connectivity index (χ1v) is 10.4. The van der Waals surface area contributed by atoms with E-state index in [1.54, 1.807) is 0 Å². The molecule has 27 heavy (non-hydrogen) atoms. The van der Waals surface area contributed by atoms with E-state index in [1.807, 2.05) is 41.3 Å². The number of amides is 1. The molecule has 1 aliphatic heterocycles. The van der Waals surface area contributed by atoms with E-state index in [-0.39, 0.29) is 0 Å². The van der Waals surface area contributed by atoms with Crippen molar-refractivity contribution < 1.29 is 9.53 Å². The molecule has 6 heteroatoms. The van der Waals surface area contributed by atoms with E-state index < -0.39 is 0 Å². The summed E-state index contributed by atoms with van der Waals surface area (Å²) in [5.74, 6) is 1.15. The Balaban J connectivity index is 1.48. The molecule has 2 aromatic rings. The van der Waals surface area contributed by atoms with Crippen molar-refractivity contribution in [3.63, 3.8) is 0 Å². The number of nitrogens with one attached hydrogen (secondary N) is 1. The minimum absolute atomic E-state index is 0.290. The predicted octanol–water partition coefficient (Wildman–Crippen LogP) is 4.78. The van der Waals surface area contributed by atoms with Gasteiger partial charge in [-0.3, -0.25) is 4.79 Å². The molecule has 3 rings (SSSR count). The molecule has 1 saturated heterocycles. The van der Waals surface area contributed by atoms with Gasteiger partial charge in [-0.1, -0.05) is 39.7 Å². The summed E-state index contributed by atoms with van der Waals surface area (Å²) in [7, 11) is 0. The molecule has 0 aliphatic carbocycles. The molecular formula is C21H24BrClN2O2. The lowest BCUT2D eigenvalue weighted by atomic mass is 10.2. The lowest BCUT2D eigenvalue weighted by Gasteiger charge is -2.16. The Kier molecular flexibility index (Phi) is 7.56. The van der Waals surface area contributed by atoms with Gasteiger partial charge in [-0.15, -0.1) is 0 Å². The van der Waals surface area contributed by atoms with Crippen molar-refractivity contribution in [3.05, 3.63) is 63.1 Å². The van der Waals surface area contributed by atoms with Crippen LogP contribution in [0.2, 0.25) is 5.02 Å². The van der Waals surface area contributed by atoms with Crippen molar-refractivity contribution in [1.29, 1.82) is 0 Å². The number of nitrogens with zero attached hydrogens (tertiary/aromatic N) is 1. The Morgan fingerprint density at radius 1 is 1.22 bits per heavy atom. The van der Waals surface area contributed by atoms with Gasteiger partial charge in [0.1, 0.15) is 12.4 Å². The average molecular weight is 452 g/mol. The van der Waals surface area contributed by atoms with Gasteiger partial charge in [0, 0.05) is 41.1 Å². The highest BCUT2D eigenvalue weighted by molar-refractivity contribution is 9.10. The van der Waals surface area contributed by atoms with E-state index in [0.29, 0.717) is 24.0 Å². The molecule has 0 aromatic heterocycles. The number of carbonyl (C=O) groups excluding carboxylic acids is 1. The van der Waals surface area contributed by atoms with Crippen LogP contribution in [0.1, 0.15) is 30.4 Å². The molecule has 0 bridgehead atoms. The van der Waals surface area contributed by atoms with E-state index in [0.717, 1.165) is 60.4 Å². The average Bonchev–Trinajstić information content (AvgIpc) is 3.06. The highest BCUT2D eigenvalue weighted by atomic mass is 79.9. The summed E-state index contributed by atoms with van der Waals surface area (Å²) in [5, 5.41) is 4.17. The second-order valence-electron chi connectivity index (χ2n) is 6.69. The number of hydrogen-bond donors (Lipinski definition) is 1. The molecular weight excluding hydrogens is 428 g/mol. The lowest BCUT2D eigenvalue weighted by Crippen LogP contribution is -2.28. The summed E-state index contributed by atoms with van der Waals surface area (Å²) in [6.45, 7) is 3.81. The molecule has 0 radical (unpaired) electrons. The first-order chi connectivity index (χ1) is 13.1. The molecule has 1 aliphatic rings. The molecule has 1 fully saturated rings. The van der Waals surface area contributed by atoms with E-state index in [4.69, 9.17) is 16.3 Å². The molecule has 0 saturated carbocycles. The van der Waals surface area contributed by atoms with Gasteiger partial charge in [0.15, 0.2) is 0 Å². The maximum atomic E-state index is 11.6. The van der Waals surface area contributed by atoms with Gasteiger partial charge in [-0.25, -0.2) is 0 Å². The van der Waals surface area contributed by atoms with Gasteiger partial charge in [0.2, 0.25) is 5.91 Å². The van der Waals surface area contributed by atoms with Crippen LogP contribution in [0.5, 0.6) is 5.75 Å². The van der Waals surface area contributed by atoms with Crippen molar-refractivity contribution in [3.8, 4) is 5.75 Å². The standard InChI is InChI=1S/C21H24BrClN2O2/c22-18-7-8-20(27-15-16-4-1-5-19(23)12-16)17(13-18)14-24-9-3-11-25-10-2-6-21(25)26/h1,4-5,7-8,12-13,24H,2-3,6,9-11,14-15H2. The van der Waals surface area contributed by atoms with Crippen molar-refractivity contribution in [2.45, 2.75) is 32.4 Å². The molecule has 1 amide bonds. The van der Waals surface area contributed by atoms with Crippen molar-refractivity contribution in [2.75, 3.05) is 19.6 Å². The van der Waals surface area contributed by atoms with Crippen LogP contribution in [-0.4, -0.2) is 30.4 Å². The molecule has 2 aromatic carbocycles. The number of hydrogen-bond acceptors (Lipinski definition) is 3. The summed E-state index contributed by atoms with van der Waals surface area (Å²) in [6, 6.07) is 13.7. The van der Waals surface area contributed by atoms with Gasteiger partial charge in [0.25, 0.3) is 0 Å². The van der Waals surface area contributed by atoms with Gasteiger partial charge in [-0.2, -0.15) is 0 Å². The zero-order chi connectivity index (χ0) is 19.1. The van der Waals surface area contributed by atoms with Gasteiger partial charge in [0.05, 0.1) is 0 Å². The molecule has 0 spiro atoms. The third kappa shape index (κ3) is 6.23. The van der Waals surface area contributed by atoms with Crippen LogP contribution in [-0.2, 0) is 17.9 Å². The minimum Gasteiger partial charge on any atom is -0.489 e. The largest absolute Gasteiger partial charge is 0.489 e. The fraction of sp³-hybridized carbons (Fsp3) is 0.381. The van der Waals surface area contributed by atoms with E-state index in [9.17, 15) is 4.79 Å². The molecule has 0 unspecified atom stereocenters. The van der Waals surface area contributed by atoms with Crippen LogP contribution >= 0.6 is 27.5 Å². The van der Waals surface area contributed by atoms with E-state index in [1.165, 1.54) is 0 Å². The predicted molar refractivity (Wildman–Crippen MR) is 112 cm³/mol. The fourth-order valence-electron chi connectivity index (χ4n) is 3.17. The van der Waals surface area contributed by atoms with Crippen molar-refractivity contribution in [2.24, 2.45) is 0 Å². The summed E-state index contributed by atoms with van der Waals surface area (Å²) < 4.78 is 7.04. The Morgan fingerprint density at radius 2 is 2.11 bits per heavy atom. The van der Waals surface area contributed by atoms with Crippen LogP contribution in [0.25, 0.3) is 0 Å². The molecule has 4 nitrogen and oxygen atoms in total. The number of ether oxygens (including phenoxy) is 1. The topological polar surface area (TPSA) is 41.6 Å². The molecule has 144 valence electrons. The summed E-state index contributed by atoms with van der Waals surface area (Å²) in [4.78, 5) is 13.6. The highest BCUT2D eigenvalue weighted by Gasteiger charge is 2.18. The third-order valence-corrected chi connectivity index (χ3v) is 5.30. The van der Waals surface area contributed by atoms with Crippen LogP contribution in [0.3, 0.4) is 0 Å². The lowest BCUT2D eigenvalue weighted by molar-refractivity contribution is -0.127. The number of benzene rings is 2. The SMILES string of the molecule is O=C1CCCN1CCCNCc1cc(Br)ccc1OCc1cccc(Cl)c1. The van der Waals surface area contributed by atoms with Crippen LogP contribution in [0, 0.1) is 0 Å². The van der Waals surface area contributed by atoms with E-state index >= 15 is 0 Å². The van der Waals surface area contributed by atoms with Crippen LogP contribution in [0.4, 0.5) is 0 Å². The van der Waals surface area contributed by atoms with Crippen LogP contribution in [0.15, 0.2) is 46.9 Å². The number of rotatable bonds is 9. The first-order valence-electron chi connectivity index (χ1n) is 9.26. The second-order valence-corrected chi connectivity index (χ2v) is 8.04. The number of carbonyl (C=O) groups is 1. The van der Waals surface area contributed by atoms with E-state index in [2.05, 4.69) is 27.3 Å². The second kappa shape index (κ2) is 10.1. The fourth-order valence-corrected chi connectivity index (χ4v) is 3.79. The first kappa shape index (κ1) is 20.2. The molecule has 1 N–H and O–H groups in total.